The van der Waals surface area contributed by atoms with Crippen LogP contribution in [0.2, 0.25) is 5.02 Å². The van der Waals surface area contributed by atoms with Gasteiger partial charge in [0.1, 0.15) is 5.01 Å². The first kappa shape index (κ1) is 17.8. The fraction of sp³-hybridized carbons (Fsp3) is 0.267. The number of halogens is 1. The molecule has 3 aromatic rings. The second kappa shape index (κ2) is 7.94. The Morgan fingerprint density at radius 3 is 2.80 bits per heavy atom. The van der Waals surface area contributed by atoms with Crippen LogP contribution in [0.5, 0.6) is 0 Å². The maximum Gasteiger partial charge on any atom is 0.277 e. The van der Waals surface area contributed by atoms with Gasteiger partial charge >= 0.3 is 0 Å². The van der Waals surface area contributed by atoms with E-state index in [4.69, 9.17) is 16.0 Å². The highest BCUT2D eigenvalue weighted by Gasteiger charge is 2.14. The summed E-state index contributed by atoms with van der Waals surface area (Å²) in [6.07, 6.45) is 0. The SMILES string of the molecule is CC(C)c1nnc(NC(=O)CSc2nnc(-c3ccccc3Cl)o2)s1. The van der Waals surface area contributed by atoms with Crippen LogP contribution in [-0.4, -0.2) is 32.1 Å². The highest BCUT2D eigenvalue weighted by molar-refractivity contribution is 7.99. The Balaban J connectivity index is 1.56. The molecule has 0 unspecified atom stereocenters. The molecule has 2 heterocycles. The number of hydrogen-bond acceptors (Lipinski definition) is 8. The Morgan fingerprint density at radius 2 is 2.08 bits per heavy atom. The van der Waals surface area contributed by atoms with Crippen molar-refractivity contribution >= 4 is 45.7 Å². The molecule has 10 heteroatoms. The number of aromatic nitrogens is 4. The largest absolute Gasteiger partial charge is 0.411 e. The van der Waals surface area contributed by atoms with E-state index in [9.17, 15) is 4.79 Å². The van der Waals surface area contributed by atoms with Gasteiger partial charge in [-0.3, -0.25) is 10.1 Å². The van der Waals surface area contributed by atoms with Crippen molar-refractivity contribution in [1.82, 2.24) is 20.4 Å². The molecule has 0 radical (unpaired) electrons. The van der Waals surface area contributed by atoms with E-state index in [-0.39, 0.29) is 17.6 Å². The molecule has 25 heavy (non-hydrogen) atoms. The third-order valence-corrected chi connectivity index (χ3v) is 5.31. The lowest BCUT2D eigenvalue weighted by Gasteiger charge is -1.99. The molecule has 0 saturated carbocycles. The predicted octanol–water partition coefficient (Wildman–Crippen LogP) is 4.10. The molecule has 0 fully saturated rings. The Labute approximate surface area is 157 Å². The lowest BCUT2D eigenvalue weighted by molar-refractivity contribution is -0.113. The molecule has 0 aliphatic rings. The van der Waals surface area contributed by atoms with Gasteiger partial charge in [0, 0.05) is 5.92 Å². The molecule has 3 rings (SSSR count). The minimum Gasteiger partial charge on any atom is -0.411 e. The van der Waals surface area contributed by atoms with Crippen molar-refractivity contribution < 1.29 is 9.21 Å². The van der Waals surface area contributed by atoms with Crippen molar-refractivity contribution in [3.8, 4) is 11.5 Å². The summed E-state index contributed by atoms with van der Waals surface area (Å²) in [5.41, 5.74) is 0.656. The second-order valence-corrected chi connectivity index (χ2v) is 7.63. The van der Waals surface area contributed by atoms with Crippen LogP contribution < -0.4 is 5.32 Å². The van der Waals surface area contributed by atoms with Crippen LogP contribution in [0, 0.1) is 0 Å². The third-order valence-electron chi connectivity index (χ3n) is 3.02. The van der Waals surface area contributed by atoms with E-state index < -0.39 is 0 Å². The van der Waals surface area contributed by atoms with Crippen LogP contribution in [0.1, 0.15) is 24.8 Å². The molecular weight excluding hydrogens is 382 g/mol. The lowest BCUT2D eigenvalue weighted by Crippen LogP contribution is -2.13. The Morgan fingerprint density at radius 1 is 1.28 bits per heavy atom. The number of nitrogens with one attached hydrogen (secondary N) is 1. The van der Waals surface area contributed by atoms with E-state index in [2.05, 4.69) is 25.7 Å². The molecule has 0 aliphatic carbocycles. The number of amides is 1. The highest BCUT2D eigenvalue weighted by Crippen LogP contribution is 2.29. The molecule has 1 N–H and O–H groups in total. The summed E-state index contributed by atoms with van der Waals surface area (Å²) in [4.78, 5) is 12.0. The zero-order valence-electron chi connectivity index (χ0n) is 13.4. The number of thioether (sulfide) groups is 1. The Hall–Kier alpha value is -1.97. The second-order valence-electron chi connectivity index (χ2n) is 5.29. The van der Waals surface area contributed by atoms with Crippen LogP contribution in [0.25, 0.3) is 11.5 Å². The van der Waals surface area contributed by atoms with Gasteiger partial charge in [-0.05, 0) is 12.1 Å². The first-order valence-electron chi connectivity index (χ1n) is 7.37. The van der Waals surface area contributed by atoms with E-state index in [1.165, 1.54) is 11.3 Å². The summed E-state index contributed by atoms with van der Waals surface area (Å²) >= 11 is 8.61. The number of anilines is 1. The summed E-state index contributed by atoms with van der Waals surface area (Å²) in [6.45, 7) is 4.04. The molecule has 130 valence electrons. The van der Waals surface area contributed by atoms with Gasteiger partial charge in [-0.25, -0.2) is 0 Å². The van der Waals surface area contributed by atoms with E-state index >= 15 is 0 Å². The summed E-state index contributed by atoms with van der Waals surface area (Å²) in [5, 5.41) is 20.7. The van der Waals surface area contributed by atoms with Gasteiger partial charge in [0.25, 0.3) is 5.22 Å². The first-order valence-corrected chi connectivity index (χ1v) is 9.55. The van der Waals surface area contributed by atoms with Gasteiger partial charge < -0.3 is 4.42 Å². The van der Waals surface area contributed by atoms with Crippen LogP contribution in [0.4, 0.5) is 5.13 Å². The predicted molar refractivity (Wildman–Crippen MR) is 98.1 cm³/mol. The maximum atomic E-state index is 12.0. The lowest BCUT2D eigenvalue weighted by atomic mass is 10.2. The fourth-order valence-corrected chi connectivity index (χ4v) is 3.35. The normalized spacial score (nSPS) is 11.0. The highest BCUT2D eigenvalue weighted by atomic mass is 35.5. The zero-order valence-corrected chi connectivity index (χ0v) is 15.8. The van der Waals surface area contributed by atoms with E-state index in [0.29, 0.717) is 26.8 Å². The van der Waals surface area contributed by atoms with Crippen molar-refractivity contribution in [3.05, 3.63) is 34.3 Å². The number of rotatable bonds is 6. The molecule has 0 saturated heterocycles. The number of carbonyl (C=O) groups excluding carboxylic acids is 1. The van der Waals surface area contributed by atoms with Crippen LogP contribution in [-0.2, 0) is 4.79 Å². The van der Waals surface area contributed by atoms with Gasteiger partial charge in [-0.15, -0.1) is 20.4 Å². The quantitative estimate of drug-likeness (QED) is 0.628. The number of carbonyl (C=O) groups is 1. The average Bonchev–Trinajstić information content (AvgIpc) is 3.23. The molecule has 7 nitrogen and oxygen atoms in total. The summed E-state index contributed by atoms with van der Waals surface area (Å²) in [7, 11) is 0. The minimum absolute atomic E-state index is 0.126. The van der Waals surface area contributed by atoms with Crippen molar-refractivity contribution in [2.75, 3.05) is 11.1 Å². The van der Waals surface area contributed by atoms with E-state index in [1.54, 1.807) is 12.1 Å². The molecule has 1 aromatic carbocycles. The molecule has 0 atom stereocenters. The fourth-order valence-electron chi connectivity index (χ4n) is 1.81. The van der Waals surface area contributed by atoms with Crippen molar-refractivity contribution in [2.24, 2.45) is 0 Å². The number of benzene rings is 1. The standard InChI is InChI=1S/C15H14ClN5O2S2/c1-8(2)13-19-20-14(25-13)17-11(22)7-24-15-21-18-12(23-15)9-5-3-4-6-10(9)16/h3-6,8H,7H2,1-2H3,(H,17,20,22). The number of nitrogens with zero attached hydrogens (tertiary/aromatic N) is 4. The van der Waals surface area contributed by atoms with Gasteiger partial charge in [0.05, 0.1) is 16.3 Å². The number of hydrogen-bond donors (Lipinski definition) is 1. The van der Waals surface area contributed by atoms with Crippen molar-refractivity contribution in [2.45, 2.75) is 25.0 Å². The molecular formula is C15H14ClN5O2S2. The van der Waals surface area contributed by atoms with E-state index in [0.717, 1.165) is 16.8 Å². The van der Waals surface area contributed by atoms with Crippen LogP contribution in [0.15, 0.2) is 33.9 Å². The minimum atomic E-state index is -0.214. The molecule has 0 aliphatic heterocycles. The van der Waals surface area contributed by atoms with Gasteiger partial charge in [0.2, 0.25) is 16.9 Å². The van der Waals surface area contributed by atoms with Gasteiger partial charge in [-0.2, -0.15) is 0 Å². The maximum absolute atomic E-state index is 12.0. The molecule has 1 amide bonds. The average molecular weight is 396 g/mol. The monoisotopic (exact) mass is 395 g/mol. The zero-order chi connectivity index (χ0) is 17.8. The van der Waals surface area contributed by atoms with Gasteiger partial charge in [0.15, 0.2) is 0 Å². The van der Waals surface area contributed by atoms with Gasteiger partial charge in [-0.1, -0.05) is 60.7 Å². The molecule has 2 aromatic heterocycles. The molecule has 0 bridgehead atoms. The summed E-state index contributed by atoms with van der Waals surface area (Å²) in [6, 6.07) is 7.19. The summed E-state index contributed by atoms with van der Waals surface area (Å²) in [5.74, 6) is 0.508. The molecule has 0 spiro atoms. The third kappa shape index (κ3) is 4.56. The van der Waals surface area contributed by atoms with E-state index in [1.807, 2.05) is 26.0 Å². The van der Waals surface area contributed by atoms with Crippen LogP contribution in [0.3, 0.4) is 0 Å². The Kier molecular flexibility index (Phi) is 5.67. The first-order chi connectivity index (χ1) is 12.0. The Bertz CT molecular complexity index is 880. The van der Waals surface area contributed by atoms with Crippen LogP contribution >= 0.6 is 34.7 Å². The van der Waals surface area contributed by atoms with Crippen molar-refractivity contribution in [3.63, 3.8) is 0 Å². The smallest absolute Gasteiger partial charge is 0.277 e. The van der Waals surface area contributed by atoms with Crippen molar-refractivity contribution in [1.29, 1.82) is 0 Å². The topological polar surface area (TPSA) is 93.8 Å². The summed E-state index contributed by atoms with van der Waals surface area (Å²) < 4.78 is 5.54.